The second kappa shape index (κ2) is 40.4. The summed E-state index contributed by atoms with van der Waals surface area (Å²) in [5.41, 5.74) is 46.3. The van der Waals surface area contributed by atoms with Crippen molar-refractivity contribution in [3.05, 3.63) is 210 Å². The maximum absolute atomic E-state index is 11.4. The third kappa shape index (κ3) is 21.3. The van der Waals surface area contributed by atoms with Crippen LogP contribution in [0, 0.1) is 27.7 Å². The molecule has 23 heteroatoms. The first-order valence-corrected chi connectivity index (χ1v) is 36.0. The van der Waals surface area contributed by atoms with Gasteiger partial charge in [0.25, 0.3) is 0 Å². The first kappa shape index (κ1) is 87.1. The van der Waals surface area contributed by atoms with Crippen LogP contribution >= 0.6 is 0 Å². The number of fused-ring (bicyclic) bond motifs is 16. The molecule has 0 saturated heterocycles. The Balaban J connectivity index is 0.000000259. The van der Waals surface area contributed by atoms with E-state index in [0.29, 0.717) is 24.5 Å². The number of allylic oxidation sites excluding steroid dienone is 8. The Morgan fingerprint density at radius 3 is 0.850 bits per heavy atom. The standard InChI is InChI=1S/2C34H38N4O4.2C8H11N2.3Zn/c2*1-7-21-17(3)25-13-26-19(5)23(9-11-33(39)40)31(37-26)16-32-24(10-12-34(41)42)20(6)28(38-32)15-30-22(8-2)18(4)27(36-30)14-29(21)35-25;2*9-5-1-2-8-3-6-10-7-4-8;;;/h2*13-16,35,38H,7-12H2,1-6H3,(H,39,40)(H,41,42);2*3-4,6-7,9H,1-2,5H2;;;/q;;2*-1;3*+2/p-4. The summed E-state index contributed by atoms with van der Waals surface area (Å²) in [6.45, 7) is 25.8. The van der Waals surface area contributed by atoms with Gasteiger partial charge in [0.2, 0.25) is 0 Å². The summed E-state index contributed by atoms with van der Waals surface area (Å²) in [4.78, 5) is 87.8. The molecular formula is C84H94N12O8Zn3. The van der Waals surface area contributed by atoms with E-state index in [1.54, 1.807) is 24.8 Å². The molecule has 16 bridgehead atoms. The van der Waals surface area contributed by atoms with Crippen LogP contribution in [-0.2, 0) is 116 Å². The van der Waals surface area contributed by atoms with Crippen molar-refractivity contribution in [1.82, 2.24) is 49.8 Å². The van der Waals surface area contributed by atoms with E-state index in [1.165, 1.54) is 22.3 Å². The molecule has 0 radical (unpaired) electrons. The van der Waals surface area contributed by atoms with Gasteiger partial charge in [-0.2, -0.15) is 13.1 Å². The molecule has 0 fully saturated rings. The third-order valence-electron chi connectivity index (χ3n) is 20.1. The number of nitrogens with zero attached hydrogens (tertiary/aromatic N) is 6. The summed E-state index contributed by atoms with van der Waals surface area (Å²) in [7, 11) is 0. The van der Waals surface area contributed by atoms with E-state index < -0.39 is 23.9 Å². The number of aliphatic carboxylic acids is 4. The minimum absolute atomic E-state index is 0. The Kier molecular flexibility index (Phi) is 32.9. The topological polar surface area (TPSA) is 349 Å². The summed E-state index contributed by atoms with van der Waals surface area (Å²) in [5, 5.41) is 45.7. The zero-order chi connectivity index (χ0) is 75.1. The molecule has 0 unspecified atom stereocenters. The van der Waals surface area contributed by atoms with Gasteiger partial charge in [-0.25, -0.2) is 19.9 Å². The van der Waals surface area contributed by atoms with Crippen molar-refractivity contribution in [3.8, 4) is 0 Å². The molecule has 4 aliphatic rings. The van der Waals surface area contributed by atoms with Gasteiger partial charge in [-0.15, -0.1) is 0 Å². The average molecular weight is 1600 g/mol. The van der Waals surface area contributed by atoms with Crippen LogP contribution in [0.25, 0.3) is 100 Å². The molecule has 0 amide bonds. The maximum atomic E-state index is 11.4. The average Bonchev–Trinajstić information content (AvgIpc) is 1.63. The van der Waals surface area contributed by atoms with Crippen molar-refractivity contribution in [2.75, 3.05) is 13.1 Å². The molecule has 4 aliphatic heterocycles. The van der Waals surface area contributed by atoms with Gasteiger partial charge in [0, 0.05) is 92.8 Å². The van der Waals surface area contributed by atoms with Crippen molar-refractivity contribution < 1.29 is 98.0 Å². The van der Waals surface area contributed by atoms with Crippen LogP contribution in [0.4, 0.5) is 0 Å². The molecule has 20 nitrogen and oxygen atoms in total. The van der Waals surface area contributed by atoms with Crippen molar-refractivity contribution in [2.24, 2.45) is 0 Å². The summed E-state index contributed by atoms with van der Waals surface area (Å²) in [6, 6.07) is 24.2. The monoisotopic (exact) mass is 1590 g/mol. The van der Waals surface area contributed by atoms with E-state index in [-0.39, 0.29) is 110 Å². The molecule has 12 rings (SSSR count). The SMILES string of the molecule is CCC1=C(C)c2cc3[nH]c(cc4nc(cc5[nH]c(cc1n2)c(C)c5CCC(=O)[O-])C(CCC(=O)[O-])=C4C)c(C)c3CC.CCC1=C(C)c2cc3[nH]c(cc4nc(cc5[nH]c(cc1n2)c(C)c5CCC(=O)[O-])C(CCC(=O)[O-])=C4C)c(C)c3CC.[NH-]CCCc1ccncc1.[NH-]CCCc1ccncc1.[Zn+2].[Zn+2].[Zn+2]. The van der Waals surface area contributed by atoms with Crippen LogP contribution in [0.5, 0.6) is 0 Å². The van der Waals surface area contributed by atoms with Gasteiger partial charge in [-0.3, -0.25) is 9.97 Å². The fraction of sp³-hybridized carbons (Fsp3) is 0.357. The number of hydrogen-bond donors (Lipinski definition) is 4. The van der Waals surface area contributed by atoms with E-state index in [9.17, 15) is 39.6 Å². The number of aryl methyl sites for hydroxylation is 10. The number of pyridine rings is 2. The number of rotatable bonds is 22. The second-order valence-corrected chi connectivity index (χ2v) is 26.6. The Morgan fingerprint density at radius 2 is 0.570 bits per heavy atom. The molecule has 0 spiro atoms. The van der Waals surface area contributed by atoms with Crippen molar-refractivity contribution >= 4 is 113 Å². The first-order valence-electron chi connectivity index (χ1n) is 36.0. The largest absolute Gasteiger partial charge is 2.00 e. The Bertz CT molecular complexity index is 4750. The van der Waals surface area contributed by atoms with Crippen LogP contribution in [0.1, 0.15) is 221 Å². The Morgan fingerprint density at radius 1 is 0.327 bits per heavy atom. The zero-order valence-electron chi connectivity index (χ0n) is 64.0. The van der Waals surface area contributed by atoms with Crippen LogP contribution in [-0.4, -0.2) is 86.8 Å². The molecule has 8 aromatic rings. The number of hydrogen-bond acceptors (Lipinski definition) is 14. The molecule has 0 aromatic carbocycles. The molecule has 544 valence electrons. The number of aromatic amines is 4. The quantitative estimate of drug-likeness (QED) is 0.0458. The molecule has 8 aromatic heterocycles. The predicted octanol–water partition coefficient (Wildman–Crippen LogP) is 14.1. The molecule has 0 atom stereocenters. The van der Waals surface area contributed by atoms with Gasteiger partial charge >= 0.3 is 58.4 Å². The number of nitrogens with one attached hydrogen (secondary N) is 6. The summed E-state index contributed by atoms with van der Waals surface area (Å²) >= 11 is 0. The Labute approximate surface area is 664 Å². The van der Waals surface area contributed by atoms with E-state index >= 15 is 0 Å². The van der Waals surface area contributed by atoms with Gasteiger partial charge in [-0.1, -0.05) is 40.5 Å². The third-order valence-corrected chi connectivity index (χ3v) is 20.1. The number of carbonyl (C=O) groups is 4. The van der Waals surface area contributed by atoms with Crippen LogP contribution in [0.15, 0.2) is 97.6 Å². The predicted molar refractivity (Wildman–Crippen MR) is 409 cm³/mol. The maximum Gasteiger partial charge on any atom is 2.00 e. The summed E-state index contributed by atoms with van der Waals surface area (Å²) in [6.07, 6.45) is 15.0. The van der Waals surface area contributed by atoms with Crippen molar-refractivity contribution in [2.45, 2.75) is 186 Å². The fourth-order valence-electron chi connectivity index (χ4n) is 14.1. The van der Waals surface area contributed by atoms with Gasteiger partial charge in [-0.05, 0) is 318 Å². The number of carboxylic acids is 4. The van der Waals surface area contributed by atoms with E-state index in [0.717, 1.165) is 208 Å². The van der Waals surface area contributed by atoms with Crippen LogP contribution in [0.2, 0.25) is 0 Å². The number of carboxylic acid groups (broad SMARTS) is 4. The van der Waals surface area contributed by atoms with Gasteiger partial charge < -0.3 is 71.0 Å². The molecule has 12 heterocycles. The first-order chi connectivity index (χ1) is 49.9. The van der Waals surface area contributed by atoms with Crippen molar-refractivity contribution in [1.29, 1.82) is 0 Å². The van der Waals surface area contributed by atoms with Gasteiger partial charge in [0.15, 0.2) is 0 Å². The van der Waals surface area contributed by atoms with Gasteiger partial charge in [0.1, 0.15) is 0 Å². The molecule has 6 N–H and O–H groups in total. The number of aromatic nitrogens is 10. The molecular weight excluding hydrogens is 1500 g/mol. The number of carbonyl (C=O) groups excluding carboxylic acids is 4. The van der Waals surface area contributed by atoms with Crippen LogP contribution in [0.3, 0.4) is 0 Å². The van der Waals surface area contributed by atoms with Crippen LogP contribution < -0.4 is 20.4 Å². The fourth-order valence-corrected chi connectivity index (χ4v) is 14.1. The summed E-state index contributed by atoms with van der Waals surface area (Å²) < 4.78 is 0. The van der Waals surface area contributed by atoms with E-state index in [1.807, 2.05) is 88.4 Å². The second-order valence-electron chi connectivity index (χ2n) is 26.6. The number of H-pyrrole nitrogens is 4. The zero-order valence-corrected chi connectivity index (χ0v) is 72.9. The summed E-state index contributed by atoms with van der Waals surface area (Å²) in [5.74, 6) is -4.48. The van der Waals surface area contributed by atoms with Gasteiger partial charge in [0.05, 0.1) is 45.6 Å². The molecule has 0 aliphatic carbocycles. The minimum atomic E-state index is -1.12. The normalized spacial score (nSPS) is 12.2. The minimum Gasteiger partial charge on any atom is -0.677 e. The molecule has 107 heavy (non-hydrogen) atoms. The molecule has 0 saturated carbocycles. The van der Waals surface area contributed by atoms with E-state index in [2.05, 4.69) is 97.4 Å². The Hall–Kier alpha value is -8.83. The van der Waals surface area contributed by atoms with E-state index in [4.69, 9.17) is 31.4 Å². The smallest absolute Gasteiger partial charge is 0.677 e. The van der Waals surface area contributed by atoms with Crippen molar-refractivity contribution in [3.63, 3.8) is 0 Å².